The van der Waals surface area contributed by atoms with Gasteiger partial charge in [-0.1, -0.05) is 52.3 Å². The third-order valence-corrected chi connectivity index (χ3v) is 6.63. The van der Waals surface area contributed by atoms with Crippen LogP contribution in [0.15, 0.2) is 75.6 Å². The van der Waals surface area contributed by atoms with Crippen molar-refractivity contribution in [1.29, 1.82) is 0 Å². The Bertz CT molecular complexity index is 1120. The molecular weight excluding hydrogens is 508 g/mol. The molecule has 184 valence electrons. The molecule has 4 rings (SSSR count). The second-order valence-electron chi connectivity index (χ2n) is 8.89. The van der Waals surface area contributed by atoms with E-state index in [4.69, 9.17) is 9.15 Å². The third kappa shape index (κ3) is 7.29. The summed E-state index contributed by atoms with van der Waals surface area (Å²) in [5.74, 6) is 1.25. The van der Waals surface area contributed by atoms with Crippen molar-refractivity contribution in [1.82, 2.24) is 9.80 Å². The molecule has 0 radical (unpaired) electrons. The molecule has 1 aliphatic rings. The molecule has 1 aromatic heterocycles. The van der Waals surface area contributed by atoms with Gasteiger partial charge in [0.25, 0.3) is 5.91 Å². The maximum absolute atomic E-state index is 13.6. The lowest BCUT2D eigenvalue weighted by atomic mass is 10.1. The third-order valence-electron chi connectivity index (χ3n) is 6.14. The molecular formula is C28H31BrN2O4. The topological polar surface area (TPSA) is 63.0 Å². The number of furan rings is 1. The molecule has 0 N–H and O–H groups in total. The van der Waals surface area contributed by atoms with E-state index in [-0.39, 0.29) is 24.5 Å². The Labute approximate surface area is 215 Å². The number of amides is 2. The molecule has 1 fully saturated rings. The van der Waals surface area contributed by atoms with E-state index in [1.807, 2.05) is 49.4 Å². The van der Waals surface area contributed by atoms with Gasteiger partial charge >= 0.3 is 0 Å². The molecule has 6 nitrogen and oxygen atoms in total. The van der Waals surface area contributed by atoms with E-state index in [0.29, 0.717) is 31.8 Å². The Balaban J connectivity index is 1.52. The Morgan fingerprint density at radius 2 is 1.86 bits per heavy atom. The Hall–Kier alpha value is -2.90. The average molecular weight is 539 g/mol. The molecule has 1 atom stereocenters. The summed E-state index contributed by atoms with van der Waals surface area (Å²) in [6.07, 6.45) is 2.53. The summed E-state index contributed by atoms with van der Waals surface area (Å²) < 4.78 is 12.4. The number of halogens is 1. The predicted molar refractivity (Wildman–Crippen MR) is 138 cm³/mol. The van der Waals surface area contributed by atoms with Crippen molar-refractivity contribution >= 4 is 27.7 Å². The number of carbonyl (C=O) groups is 2. The average Bonchev–Trinajstić information content (AvgIpc) is 3.53. The minimum absolute atomic E-state index is 0.0142. The molecule has 1 aliphatic heterocycles. The summed E-state index contributed by atoms with van der Waals surface area (Å²) in [7, 11) is 0. The zero-order valence-electron chi connectivity index (χ0n) is 20.0. The Morgan fingerprint density at radius 1 is 1.03 bits per heavy atom. The monoisotopic (exact) mass is 538 g/mol. The quantitative estimate of drug-likeness (QED) is 0.354. The smallest absolute Gasteiger partial charge is 0.254 e. The van der Waals surface area contributed by atoms with Gasteiger partial charge < -0.3 is 19.0 Å². The Kier molecular flexibility index (Phi) is 8.77. The van der Waals surface area contributed by atoms with Gasteiger partial charge in [-0.25, -0.2) is 0 Å². The van der Waals surface area contributed by atoms with Crippen molar-refractivity contribution in [3.05, 3.63) is 93.9 Å². The number of aryl methyl sites for hydroxylation is 1. The van der Waals surface area contributed by atoms with Crippen LogP contribution in [0.25, 0.3) is 0 Å². The molecule has 2 aromatic carbocycles. The van der Waals surface area contributed by atoms with E-state index >= 15 is 0 Å². The summed E-state index contributed by atoms with van der Waals surface area (Å²) in [6, 6.07) is 21.2. The fraction of sp³-hybridized carbons (Fsp3) is 0.357. The molecule has 0 aliphatic carbocycles. The number of nitrogens with zero attached hydrogens (tertiary/aromatic N) is 2. The Morgan fingerprint density at radius 3 is 2.54 bits per heavy atom. The number of benzene rings is 2. The van der Waals surface area contributed by atoms with Crippen LogP contribution in [0.5, 0.6) is 0 Å². The van der Waals surface area contributed by atoms with E-state index in [0.717, 1.165) is 40.8 Å². The minimum atomic E-state index is -0.174. The number of ether oxygens (including phenoxy) is 1. The van der Waals surface area contributed by atoms with Crippen molar-refractivity contribution in [2.24, 2.45) is 0 Å². The van der Waals surface area contributed by atoms with Gasteiger partial charge in [0.05, 0.1) is 12.6 Å². The zero-order chi connectivity index (χ0) is 24.6. The van der Waals surface area contributed by atoms with Crippen LogP contribution >= 0.6 is 15.9 Å². The van der Waals surface area contributed by atoms with Gasteiger partial charge in [-0.15, -0.1) is 0 Å². The van der Waals surface area contributed by atoms with Crippen molar-refractivity contribution < 1.29 is 18.7 Å². The van der Waals surface area contributed by atoms with Gasteiger partial charge in [0.15, 0.2) is 0 Å². The maximum atomic E-state index is 13.6. The highest BCUT2D eigenvalue weighted by atomic mass is 79.9. The highest BCUT2D eigenvalue weighted by molar-refractivity contribution is 9.10. The van der Waals surface area contributed by atoms with Crippen LogP contribution in [0.2, 0.25) is 0 Å². The van der Waals surface area contributed by atoms with E-state index in [1.54, 1.807) is 21.9 Å². The number of rotatable bonds is 10. The van der Waals surface area contributed by atoms with Gasteiger partial charge in [0.2, 0.25) is 5.91 Å². The highest BCUT2D eigenvalue weighted by Gasteiger charge is 2.27. The summed E-state index contributed by atoms with van der Waals surface area (Å²) >= 11 is 3.44. The summed E-state index contributed by atoms with van der Waals surface area (Å²) in [5, 5.41) is 0. The summed E-state index contributed by atoms with van der Waals surface area (Å²) in [5.41, 5.74) is 1.70. The van der Waals surface area contributed by atoms with Crippen molar-refractivity contribution in [2.75, 3.05) is 26.2 Å². The van der Waals surface area contributed by atoms with E-state index in [1.165, 1.54) is 0 Å². The molecule has 2 amide bonds. The lowest BCUT2D eigenvalue weighted by Crippen LogP contribution is -2.46. The van der Waals surface area contributed by atoms with Crippen LogP contribution in [0.1, 0.15) is 40.3 Å². The molecule has 35 heavy (non-hydrogen) atoms. The van der Waals surface area contributed by atoms with Crippen LogP contribution in [-0.4, -0.2) is 54.0 Å². The first-order chi connectivity index (χ1) is 17.0. The van der Waals surface area contributed by atoms with Gasteiger partial charge in [-0.2, -0.15) is 0 Å². The second kappa shape index (κ2) is 12.2. The van der Waals surface area contributed by atoms with Crippen LogP contribution < -0.4 is 0 Å². The fourth-order valence-electron chi connectivity index (χ4n) is 4.28. The van der Waals surface area contributed by atoms with Gasteiger partial charge in [-0.05, 0) is 62.1 Å². The molecule has 1 unspecified atom stereocenters. The molecule has 2 heterocycles. The first-order valence-electron chi connectivity index (χ1n) is 12.0. The lowest BCUT2D eigenvalue weighted by molar-refractivity contribution is -0.133. The standard InChI is InChI=1S/C28H31BrN2O4/c1-21-12-13-26(35-21)19-30(15-14-22-7-3-2-4-8-22)27(32)20-31(18-25-11-6-16-34-25)28(33)23-9-5-10-24(29)17-23/h2-5,7-10,12-13,17,25H,6,11,14-16,18-20H2,1H3. The normalized spacial score (nSPS) is 15.2. The molecule has 7 heteroatoms. The molecule has 0 spiro atoms. The predicted octanol–water partition coefficient (Wildman–Crippen LogP) is 5.24. The van der Waals surface area contributed by atoms with Crippen molar-refractivity contribution in [2.45, 2.75) is 38.8 Å². The van der Waals surface area contributed by atoms with Gasteiger partial charge in [0.1, 0.15) is 18.1 Å². The molecule has 1 saturated heterocycles. The van der Waals surface area contributed by atoms with E-state index < -0.39 is 0 Å². The SMILES string of the molecule is Cc1ccc(CN(CCc2ccccc2)C(=O)CN(CC2CCCO2)C(=O)c2cccc(Br)c2)o1. The zero-order valence-corrected chi connectivity index (χ0v) is 21.6. The minimum Gasteiger partial charge on any atom is -0.464 e. The second-order valence-corrected chi connectivity index (χ2v) is 9.81. The van der Waals surface area contributed by atoms with Gasteiger partial charge in [-0.3, -0.25) is 9.59 Å². The number of carbonyl (C=O) groups excluding carboxylic acids is 2. The summed E-state index contributed by atoms with van der Waals surface area (Å²) in [6.45, 7) is 3.85. The molecule has 0 saturated carbocycles. The van der Waals surface area contributed by atoms with Crippen LogP contribution in [0.4, 0.5) is 0 Å². The van der Waals surface area contributed by atoms with Crippen LogP contribution in [0.3, 0.4) is 0 Å². The largest absolute Gasteiger partial charge is 0.464 e. The highest BCUT2D eigenvalue weighted by Crippen LogP contribution is 2.18. The number of hydrogen-bond donors (Lipinski definition) is 0. The lowest BCUT2D eigenvalue weighted by Gasteiger charge is -2.29. The molecule has 3 aromatic rings. The summed E-state index contributed by atoms with van der Waals surface area (Å²) in [4.78, 5) is 30.5. The van der Waals surface area contributed by atoms with Crippen LogP contribution in [0, 0.1) is 6.92 Å². The van der Waals surface area contributed by atoms with Crippen molar-refractivity contribution in [3.63, 3.8) is 0 Å². The fourth-order valence-corrected chi connectivity index (χ4v) is 4.68. The maximum Gasteiger partial charge on any atom is 0.254 e. The van der Waals surface area contributed by atoms with Gasteiger partial charge in [0, 0.05) is 29.7 Å². The van der Waals surface area contributed by atoms with Crippen LogP contribution in [-0.2, 0) is 22.5 Å². The first kappa shape index (κ1) is 25.2. The van der Waals surface area contributed by atoms with E-state index in [9.17, 15) is 9.59 Å². The van der Waals surface area contributed by atoms with Crippen molar-refractivity contribution in [3.8, 4) is 0 Å². The van der Waals surface area contributed by atoms with E-state index in [2.05, 4.69) is 28.1 Å². The first-order valence-corrected chi connectivity index (χ1v) is 12.8. The molecule has 0 bridgehead atoms. The number of hydrogen-bond acceptors (Lipinski definition) is 4.